The van der Waals surface area contributed by atoms with Crippen LogP contribution >= 0.6 is 0 Å². The average molecular weight is 325 g/mol. The van der Waals surface area contributed by atoms with Crippen LogP contribution in [0.2, 0.25) is 0 Å². The highest BCUT2D eigenvalue weighted by Crippen LogP contribution is 2.30. The molecular weight excluding hydrogens is 306 g/mol. The number of fused-ring (bicyclic) bond motifs is 4. The zero-order valence-electron chi connectivity index (χ0n) is 14.2. The van der Waals surface area contributed by atoms with Crippen LogP contribution in [0.15, 0.2) is 73.1 Å². The van der Waals surface area contributed by atoms with Gasteiger partial charge in [-0.25, -0.2) is 4.98 Å². The molecule has 3 heteroatoms. The molecule has 0 saturated carbocycles. The lowest BCUT2D eigenvalue weighted by molar-refractivity contribution is 0.819. The van der Waals surface area contributed by atoms with Crippen LogP contribution in [0, 0.1) is 0 Å². The fourth-order valence-electron chi connectivity index (χ4n) is 3.87. The van der Waals surface area contributed by atoms with Gasteiger partial charge in [0.05, 0.1) is 17.4 Å². The fraction of sp³-hybridized carbons (Fsp3) is 0.136. The maximum atomic E-state index is 4.50. The summed E-state index contributed by atoms with van der Waals surface area (Å²) in [6, 6.07) is 23.8. The molecule has 0 radical (unpaired) electrons. The fourth-order valence-corrected chi connectivity index (χ4v) is 3.87. The van der Waals surface area contributed by atoms with Crippen LogP contribution in [-0.2, 0) is 13.1 Å². The molecule has 2 aromatic heterocycles. The number of imidazole rings is 1. The molecule has 0 spiro atoms. The molecule has 0 fully saturated rings. The summed E-state index contributed by atoms with van der Waals surface area (Å²) >= 11 is 0. The third-order valence-electron chi connectivity index (χ3n) is 5.03. The Morgan fingerprint density at radius 3 is 2.44 bits per heavy atom. The maximum absolute atomic E-state index is 4.50. The normalized spacial score (nSPS) is 11.7. The Balaban J connectivity index is 1.66. The Hall–Kier alpha value is -3.07. The highest BCUT2D eigenvalue weighted by molar-refractivity contribution is 6.08. The summed E-state index contributed by atoms with van der Waals surface area (Å²) in [5.41, 5.74) is 6.15. The predicted molar refractivity (Wildman–Crippen MR) is 104 cm³/mol. The molecule has 0 atom stereocenters. The summed E-state index contributed by atoms with van der Waals surface area (Å²) in [6.45, 7) is 4.02. The molecular formula is C22H19N3. The number of hydrogen-bond acceptors (Lipinski definition) is 1. The first kappa shape index (κ1) is 14.3. The van der Waals surface area contributed by atoms with Gasteiger partial charge in [0.15, 0.2) is 0 Å². The van der Waals surface area contributed by atoms with Gasteiger partial charge in [-0.2, -0.15) is 0 Å². The predicted octanol–water partition coefficient (Wildman–Crippen LogP) is 5.21. The van der Waals surface area contributed by atoms with Crippen molar-refractivity contribution in [3.05, 3.63) is 78.6 Å². The van der Waals surface area contributed by atoms with Crippen LogP contribution in [0.3, 0.4) is 0 Å². The van der Waals surface area contributed by atoms with E-state index in [1.54, 1.807) is 0 Å². The van der Waals surface area contributed by atoms with E-state index in [4.69, 9.17) is 0 Å². The summed E-state index contributed by atoms with van der Waals surface area (Å²) in [7, 11) is 0. The number of aryl methyl sites for hydroxylation is 1. The molecule has 5 rings (SSSR count). The summed E-state index contributed by atoms with van der Waals surface area (Å²) in [5, 5.41) is 2.66. The molecule has 2 heterocycles. The van der Waals surface area contributed by atoms with Crippen LogP contribution < -0.4 is 0 Å². The second-order valence-corrected chi connectivity index (χ2v) is 6.47. The Kier molecular flexibility index (Phi) is 3.14. The molecule has 25 heavy (non-hydrogen) atoms. The standard InChI is InChI=1S/C22H19N3/c1-2-25-20-9-5-3-7-17(20)18-13-16(11-12-21(18)25)14-24-15-23-19-8-4-6-10-22(19)24/h3-13,15H,2,14H2,1H3. The molecule has 0 N–H and O–H groups in total. The van der Waals surface area contributed by atoms with Crippen LogP contribution in [-0.4, -0.2) is 14.1 Å². The third-order valence-corrected chi connectivity index (χ3v) is 5.03. The van der Waals surface area contributed by atoms with Crippen LogP contribution in [0.1, 0.15) is 12.5 Å². The summed E-state index contributed by atoms with van der Waals surface area (Å²) < 4.78 is 4.61. The quantitative estimate of drug-likeness (QED) is 0.446. The van der Waals surface area contributed by atoms with Gasteiger partial charge in [-0.05, 0) is 42.8 Å². The Labute approximate surface area is 146 Å². The van der Waals surface area contributed by atoms with Crippen LogP contribution in [0.5, 0.6) is 0 Å². The minimum absolute atomic E-state index is 0.835. The van der Waals surface area contributed by atoms with E-state index >= 15 is 0 Å². The first-order valence-electron chi connectivity index (χ1n) is 8.75. The van der Waals surface area contributed by atoms with E-state index in [0.717, 1.165) is 18.6 Å². The van der Waals surface area contributed by atoms with E-state index in [1.165, 1.54) is 32.9 Å². The van der Waals surface area contributed by atoms with Crippen molar-refractivity contribution in [2.45, 2.75) is 20.0 Å². The zero-order chi connectivity index (χ0) is 16.8. The molecule has 5 aromatic rings. The number of benzene rings is 3. The van der Waals surface area contributed by atoms with Crippen molar-refractivity contribution in [1.82, 2.24) is 14.1 Å². The van der Waals surface area contributed by atoms with E-state index < -0.39 is 0 Å². The largest absolute Gasteiger partial charge is 0.341 e. The van der Waals surface area contributed by atoms with Gasteiger partial charge < -0.3 is 9.13 Å². The molecule has 0 saturated heterocycles. The van der Waals surface area contributed by atoms with Crippen LogP contribution in [0.25, 0.3) is 32.8 Å². The Bertz CT molecular complexity index is 1210. The number of hydrogen-bond donors (Lipinski definition) is 0. The van der Waals surface area contributed by atoms with Gasteiger partial charge in [0.25, 0.3) is 0 Å². The highest BCUT2D eigenvalue weighted by Gasteiger charge is 2.10. The zero-order valence-corrected chi connectivity index (χ0v) is 14.2. The second kappa shape index (κ2) is 5.49. The lowest BCUT2D eigenvalue weighted by Crippen LogP contribution is -1.98. The van der Waals surface area contributed by atoms with Crippen molar-refractivity contribution in [3.63, 3.8) is 0 Å². The minimum Gasteiger partial charge on any atom is -0.341 e. The smallest absolute Gasteiger partial charge is 0.0961 e. The average Bonchev–Trinajstić information content (AvgIpc) is 3.21. The molecule has 0 unspecified atom stereocenters. The highest BCUT2D eigenvalue weighted by atomic mass is 15.0. The van der Waals surface area contributed by atoms with E-state index in [2.05, 4.69) is 81.7 Å². The summed E-state index contributed by atoms with van der Waals surface area (Å²) in [5.74, 6) is 0. The molecule has 122 valence electrons. The lowest BCUT2D eigenvalue weighted by atomic mass is 10.1. The second-order valence-electron chi connectivity index (χ2n) is 6.47. The van der Waals surface area contributed by atoms with Crippen molar-refractivity contribution in [2.24, 2.45) is 0 Å². The van der Waals surface area contributed by atoms with E-state index in [9.17, 15) is 0 Å². The van der Waals surface area contributed by atoms with Gasteiger partial charge in [0.2, 0.25) is 0 Å². The van der Waals surface area contributed by atoms with Gasteiger partial charge in [0, 0.05) is 34.9 Å². The minimum atomic E-state index is 0.835. The Morgan fingerprint density at radius 2 is 1.56 bits per heavy atom. The van der Waals surface area contributed by atoms with E-state index in [-0.39, 0.29) is 0 Å². The third kappa shape index (κ3) is 2.16. The van der Waals surface area contributed by atoms with Crippen molar-refractivity contribution in [2.75, 3.05) is 0 Å². The van der Waals surface area contributed by atoms with Gasteiger partial charge in [-0.3, -0.25) is 0 Å². The van der Waals surface area contributed by atoms with Crippen molar-refractivity contribution in [3.8, 4) is 0 Å². The van der Waals surface area contributed by atoms with Gasteiger partial charge in [-0.15, -0.1) is 0 Å². The summed E-state index contributed by atoms with van der Waals surface area (Å²) in [6.07, 6.45) is 1.93. The number of rotatable bonds is 3. The number of aromatic nitrogens is 3. The van der Waals surface area contributed by atoms with Gasteiger partial charge in [0.1, 0.15) is 0 Å². The summed E-state index contributed by atoms with van der Waals surface area (Å²) in [4.78, 5) is 4.50. The van der Waals surface area contributed by atoms with Gasteiger partial charge >= 0.3 is 0 Å². The molecule has 0 bridgehead atoms. The number of nitrogens with zero attached hydrogens (tertiary/aromatic N) is 3. The lowest BCUT2D eigenvalue weighted by Gasteiger charge is -2.06. The molecule has 3 nitrogen and oxygen atoms in total. The molecule has 0 aliphatic heterocycles. The van der Waals surface area contributed by atoms with E-state index in [0.29, 0.717) is 0 Å². The van der Waals surface area contributed by atoms with Crippen molar-refractivity contribution >= 4 is 32.8 Å². The maximum Gasteiger partial charge on any atom is 0.0961 e. The first-order chi connectivity index (χ1) is 12.3. The molecule has 3 aromatic carbocycles. The monoisotopic (exact) mass is 325 g/mol. The van der Waals surface area contributed by atoms with Crippen LogP contribution in [0.4, 0.5) is 0 Å². The van der Waals surface area contributed by atoms with E-state index in [1.807, 2.05) is 12.4 Å². The van der Waals surface area contributed by atoms with Crippen molar-refractivity contribution < 1.29 is 0 Å². The molecule has 0 aliphatic rings. The first-order valence-corrected chi connectivity index (χ1v) is 8.75. The Morgan fingerprint density at radius 1 is 0.800 bits per heavy atom. The molecule has 0 amide bonds. The topological polar surface area (TPSA) is 22.8 Å². The number of para-hydroxylation sites is 3. The molecule has 0 aliphatic carbocycles. The van der Waals surface area contributed by atoms with Crippen molar-refractivity contribution in [1.29, 1.82) is 0 Å². The van der Waals surface area contributed by atoms with Gasteiger partial charge in [-0.1, -0.05) is 36.4 Å². The SMILES string of the molecule is CCn1c2ccccc2c2cc(Cn3cnc4ccccc43)ccc21.